The summed E-state index contributed by atoms with van der Waals surface area (Å²) in [5.41, 5.74) is 4.57. The minimum atomic E-state index is 0.791. The molecular formula is C16H22ClN3. The third-order valence-electron chi connectivity index (χ3n) is 3.44. The molecule has 0 amide bonds. The Labute approximate surface area is 126 Å². The molecule has 20 heavy (non-hydrogen) atoms. The van der Waals surface area contributed by atoms with Crippen molar-refractivity contribution in [1.29, 1.82) is 0 Å². The van der Waals surface area contributed by atoms with Crippen LogP contribution in [0.15, 0.2) is 24.4 Å². The van der Waals surface area contributed by atoms with Crippen LogP contribution in [0.25, 0.3) is 11.1 Å². The molecule has 0 aliphatic carbocycles. The fraction of sp³-hybridized carbons (Fsp3) is 0.438. The van der Waals surface area contributed by atoms with Crippen LogP contribution in [0, 0.1) is 6.92 Å². The summed E-state index contributed by atoms with van der Waals surface area (Å²) in [5, 5.41) is 8.54. The van der Waals surface area contributed by atoms with Gasteiger partial charge in [0.15, 0.2) is 0 Å². The summed E-state index contributed by atoms with van der Waals surface area (Å²) in [6, 6.07) is 6.26. The third kappa shape index (κ3) is 3.22. The highest BCUT2D eigenvalue weighted by Crippen LogP contribution is 2.31. The molecule has 4 heteroatoms. The van der Waals surface area contributed by atoms with Crippen LogP contribution in [-0.2, 0) is 13.1 Å². The first kappa shape index (κ1) is 15.1. The van der Waals surface area contributed by atoms with E-state index in [0.717, 1.165) is 42.2 Å². The molecule has 2 aromatic rings. The number of halogens is 1. The van der Waals surface area contributed by atoms with Crippen molar-refractivity contribution < 1.29 is 0 Å². The zero-order valence-electron chi connectivity index (χ0n) is 12.4. The molecule has 0 unspecified atom stereocenters. The lowest BCUT2D eigenvalue weighted by Crippen LogP contribution is -2.11. The fourth-order valence-electron chi connectivity index (χ4n) is 2.30. The van der Waals surface area contributed by atoms with Crippen molar-refractivity contribution in [2.24, 2.45) is 0 Å². The quantitative estimate of drug-likeness (QED) is 0.871. The maximum Gasteiger partial charge on any atom is 0.0571 e. The second-order valence-electron chi connectivity index (χ2n) is 4.96. The Morgan fingerprint density at radius 3 is 2.70 bits per heavy atom. The molecule has 108 valence electrons. The van der Waals surface area contributed by atoms with Gasteiger partial charge in [-0.1, -0.05) is 37.6 Å². The van der Waals surface area contributed by atoms with Gasteiger partial charge in [-0.15, -0.1) is 0 Å². The molecular weight excluding hydrogens is 270 g/mol. The van der Waals surface area contributed by atoms with E-state index in [0.29, 0.717) is 0 Å². The van der Waals surface area contributed by atoms with Crippen LogP contribution >= 0.6 is 11.6 Å². The van der Waals surface area contributed by atoms with Crippen LogP contribution in [0.4, 0.5) is 0 Å². The molecule has 3 nitrogen and oxygen atoms in total. The van der Waals surface area contributed by atoms with E-state index < -0.39 is 0 Å². The molecule has 0 atom stereocenters. The van der Waals surface area contributed by atoms with Gasteiger partial charge >= 0.3 is 0 Å². The maximum absolute atomic E-state index is 6.44. The van der Waals surface area contributed by atoms with Crippen molar-refractivity contribution in [3.05, 3.63) is 40.7 Å². The van der Waals surface area contributed by atoms with E-state index in [9.17, 15) is 0 Å². The standard InChI is InChI=1S/C16H22ClN3/c1-4-8-20-12(3)15(11-19-20)14-7-6-13(9-16(14)17)10-18-5-2/h6-7,9,11,18H,4-5,8,10H2,1-3H3. The molecule has 0 saturated heterocycles. The summed E-state index contributed by atoms with van der Waals surface area (Å²) in [7, 11) is 0. The first-order valence-corrected chi connectivity index (χ1v) is 7.57. The maximum atomic E-state index is 6.44. The lowest BCUT2D eigenvalue weighted by molar-refractivity contribution is 0.587. The van der Waals surface area contributed by atoms with Crippen LogP contribution < -0.4 is 5.32 Å². The van der Waals surface area contributed by atoms with Crippen molar-refractivity contribution in [2.45, 2.75) is 40.3 Å². The molecule has 0 spiro atoms. The van der Waals surface area contributed by atoms with Crippen molar-refractivity contribution in [1.82, 2.24) is 15.1 Å². The summed E-state index contributed by atoms with van der Waals surface area (Å²) >= 11 is 6.44. The summed E-state index contributed by atoms with van der Waals surface area (Å²) in [6.45, 7) is 9.11. The van der Waals surface area contributed by atoms with E-state index in [-0.39, 0.29) is 0 Å². The van der Waals surface area contributed by atoms with Gasteiger partial charge in [-0.25, -0.2) is 0 Å². The van der Waals surface area contributed by atoms with Crippen LogP contribution in [0.2, 0.25) is 5.02 Å². The van der Waals surface area contributed by atoms with E-state index >= 15 is 0 Å². The third-order valence-corrected chi connectivity index (χ3v) is 3.75. The number of aromatic nitrogens is 2. The Morgan fingerprint density at radius 2 is 2.05 bits per heavy atom. The number of nitrogens with one attached hydrogen (secondary N) is 1. The average Bonchev–Trinajstić information content (AvgIpc) is 2.79. The van der Waals surface area contributed by atoms with Gasteiger partial charge in [-0.05, 0) is 31.5 Å². The molecule has 1 aromatic carbocycles. The molecule has 0 aliphatic rings. The Hall–Kier alpha value is -1.32. The molecule has 0 radical (unpaired) electrons. The Morgan fingerprint density at radius 1 is 1.25 bits per heavy atom. The summed E-state index contributed by atoms with van der Waals surface area (Å²) in [6.07, 6.45) is 2.99. The van der Waals surface area contributed by atoms with Crippen LogP contribution in [-0.4, -0.2) is 16.3 Å². The first-order chi connectivity index (χ1) is 9.67. The highest BCUT2D eigenvalue weighted by molar-refractivity contribution is 6.33. The van der Waals surface area contributed by atoms with Gasteiger partial charge < -0.3 is 5.32 Å². The fourth-order valence-corrected chi connectivity index (χ4v) is 2.61. The lowest BCUT2D eigenvalue weighted by Gasteiger charge is -2.08. The second kappa shape index (κ2) is 6.91. The van der Waals surface area contributed by atoms with Crippen LogP contribution in [0.5, 0.6) is 0 Å². The first-order valence-electron chi connectivity index (χ1n) is 7.19. The number of benzene rings is 1. The van der Waals surface area contributed by atoms with Gasteiger partial charge in [0.1, 0.15) is 0 Å². The molecule has 0 aliphatic heterocycles. The molecule has 1 heterocycles. The van der Waals surface area contributed by atoms with Crippen molar-refractivity contribution in [3.8, 4) is 11.1 Å². The van der Waals surface area contributed by atoms with E-state index in [1.54, 1.807) is 0 Å². The minimum absolute atomic E-state index is 0.791. The van der Waals surface area contributed by atoms with Crippen molar-refractivity contribution >= 4 is 11.6 Å². The van der Waals surface area contributed by atoms with Gasteiger partial charge in [-0.3, -0.25) is 4.68 Å². The second-order valence-corrected chi connectivity index (χ2v) is 5.37. The summed E-state index contributed by atoms with van der Waals surface area (Å²) in [4.78, 5) is 0. The zero-order chi connectivity index (χ0) is 14.5. The minimum Gasteiger partial charge on any atom is -0.313 e. The van der Waals surface area contributed by atoms with Gasteiger partial charge in [0, 0.05) is 34.9 Å². The molecule has 1 N–H and O–H groups in total. The topological polar surface area (TPSA) is 29.9 Å². The zero-order valence-corrected chi connectivity index (χ0v) is 13.2. The number of hydrogen-bond acceptors (Lipinski definition) is 2. The predicted octanol–water partition coefficient (Wildman–Crippen LogP) is 4.03. The highest BCUT2D eigenvalue weighted by atomic mass is 35.5. The largest absolute Gasteiger partial charge is 0.313 e. The van der Waals surface area contributed by atoms with Gasteiger partial charge in [0.2, 0.25) is 0 Å². The van der Waals surface area contributed by atoms with Gasteiger partial charge in [0.05, 0.1) is 6.20 Å². The van der Waals surface area contributed by atoms with E-state index in [4.69, 9.17) is 11.6 Å². The molecule has 2 rings (SSSR count). The molecule has 0 saturated carbocycles. The number of rotatable bonds is 6. The van der Waals surface area contributed by atoms with E-state index in [1.165, 1.54) is 11.3 Å². The average molecular weight is 292 g/mol. The van der Waals surface area contributed by atoms with E-state index in [2.05, 4.69) is 43.3 Å². The monoisotopic (exact) mass is 291 g/mol. The highest BCUT2D eigenvalue weighted by Gasteiger charge is 2.11. The number of nitrogens with zero attached hydrogens (tertiary/aromatic N) is 2. The van der Waals surface area contributed by atoms with Crippen molar-refractivity contribution in [3.63, 3.8) is 0 Å². The number of aryl methyl sites for hydroxylation is 1. The Kier molecular flexibility index (Phi) is 5.21. The van der Waals surface area contributed by atoms with Crippen molar-refractivity contribution in [2.75, 3.05) is 6.54 Å². The smallest absolute Gasteiger partial charge is 0.0571 e. The molecule has 0 fully saturated rings. The van der Waals surface area contributed by atoms with Gasteiger partial charge in [0.25, 0.3) is 0 Å². The number of hydrogen-bond donors (Lipinski definition) is 1. The predicted molar refractivity (Wildman–Crippen MR) is 85.1 cm³/mol. The van der Waals surface area contributed by atoms with E-state index in [1.807, 2.05) is 16.9 Å². The Bertz CT molecular complexity index is 575. The van der Waals surface area contributed by atoms with Crippen LogP contribution in [0.1, 0.15) is 31.5 Å². The summed E-state index contributed by atoms with van der Waals surface area (Å²) in [5.74, 6) is 0. The summed E-state index contributed by atoms with van der Waals surface area (Å²) < 4.78 is 2.04. The van der Waals surface area contributed by atoms with Crippen LogP contribution in [0.3, 0.4) is 0 Å². The lowest BCUT2D eigenvalue weighted by atomic mass is 10.0. The Balaban J connectivity index is 2.29. The molecule has 1 aromatic heterocycles. The molecule has 0 bridgehead atoms. The normalized spacial score (nSPS) is 11.0. The van der Waals surface area contributed by atoms with Gasteiger partial charge in [-0.2, -0.15) is 5.10 Å². The SMILES string of the molecule is CCCn1ncc(-c2ccc(CNCC)cc2Cl)c1C.